The molecule has 0 unspecified atom stereocenters. The van der Waals surface area contributed by atoms with Crippen LogP contribution in [0.4, 0.5) is 0 Å². The second-order valence-electron chi connectivity index (χ2n) is 4.55. The summed E-state index contributed by atoms with van der Waals surface area (Å²) in [5.74, 6) is 5.40. The van der Waals surface area contributed by atoms with Crippen molar-refractivity contribution in [1.29, 1.82) is 5.26 Å². The third-order valence-corrected chi connectivity index (χ3v) is 3.17. The van der Waals surface area contributed by atoms with Gasteiger partial charge in [0.2, 0.25) is 0 Å². The summed E-state index contributed by atoms with van der Waals surface area (Å²) in [7, 11) is 0. The minimum Gasteiger partial charge on any atom is -0.465 e. The summed E-state index contributed by atoms with van der Waals surface area (Å²) in [4.78, 5) is 11.1. The lowest BCUT2D eigenvalue weighted by Gasteiger charge is -2.04. The molecule has 1 saturated carbocycles. The Kier molecular flexibility index (Phi) is 3.88. The van der Waals surface area contributed by atoms with Gasteiger partial charge in [-0.1, -0.05) is 24.0 Å². The second-order valence-corrected chi connectivity index (χ2v) is 4.55. The number of hydrogen-bond donors (Lipinski definition) is 0. The van der Waals surface area contributed by atoms with E-state index in [0.717, 1.165) is 24.0 Å². The molecule has 1 aromatic rings. The predicted octanol–water partition coefficient (Wildman–Crippen LogP) is 2.55. The Morgan fingerprint density at radius 2 is 2.05 bits per heavy atom. The maximum Gasteiger partial charge on any atom is 0.317 e. The van der Waals surface area contributed by atoms with Gasteiger partial charge in [-0.3, -0.25) is 4.79 Å². The van der Waals surface area contributed by atoms with Crippen molar-refractivity contribution < 1.29 is 9.53 Å². The molecular formula is C16H15NO2. The van der Waals surface area contributed by atoms with Gasteiger partial charge in [-0.05, 0) is 37.5 Å². The predicted molar refractivity (Wildman–Crippen MR) is 71.1 cm³/mol. The lowest BCUT2D eigenvalue weighted by Crippen LogP contribution is -2.02. The summed E-state index contributed by atoms with van der Waals surface area (Å²) in [6, 6.07) is 10.0. The molecule has 96 valence electrons. The Hall–Kier alpha value is -2.26. The number of nitrogens with zero attached hydrogens (tertiary/aromatic N) is 1. The van der Waals surface area contributed by atoms with E-state index in [0.29, 0.717) is 6.61 Å². The first-order valence-electron chi connectivity index (χ1n) is 6.36. The standard InChI is InChI=1S/C16H15NO2/c1-2-19-15(18)5-3-4-13-6-8-14(9-7-13)16(12-17)10-11-16/h6-9H,2,5,10-11H2,1H3. The topological polar surface area (TPSA) is 50.1 Å². The van der Waals surface area contributed by atoms with Gasteiger partial charge in [-0.2, -0.15) is 5.26 Å². The van der Waals surface area contributed by atoms with Crippen LogP contribution in [0.3, 0.4) is 0 Å². The van der Waals surface area contributed by atoms with E-state index in [-0.39, 0.29) is 17.8 Å². The molecule has 0 aliphatic heterocycles. The smallest absolute Gasteiger partial charge is 0.317 e. The molecule has 3 heteroatoms. The van der Waals surface area contributed by atoms with Crippen molar-refractivity contribution >= 4 is 5.97 Å². The Morgan fingerprint density at radius 3 is 2.58 bits per heavy atom. The summed E-state index contributed by atoms with van der Waals surface area (Å²) in [5, 5.41) is 9.10. The fourth-order valence-electron chi connectivity index (χ4n) is 1.89. The van der Waals surface area contributed by atoms with Crippen LogP contribution in [0.25, 0.3) is 0 Å². The molecule has 19 heavy (non-hydrogen) atoms. The molecule has 0 heterocycles. The molecule has 1 aliphatic rings. The third kappa shape index (κ3) is 3.14. The number of nitriles is 1. The maximum atomic E-state index is 11.1. The van der Waals surface area contributed by atoms with Gasteiger partial charge in [0, 0.05) is 5.56 Å². The van der Waals surface area contributed by atoms with Gasteiger partial charge in [0.1, 0.15) is 6.42 Å². The zero-order chi connectivity index (χ0) is 13.7. The molecule has 0 atom stereocenters. The molecule has 0 spiro atoms. The van der Waals surface area contributed by atoms with Crippen LogP contribution in [0.15, 0.2) is 24.3 Å². The number of carbonyl (C=O) groups excluding carboxylic acids is 1. The molecular weight excluding hydrogens is 238 g/mol. The number of carbonyl (C=O) groups is 1. The first kappa shape index (κ1) is 13.2. The van der Waals surface area contributed by atoms with Crippen LogP contribution in [0, 0.1) is 23.2 Å². The molecule has 0 N–H and O–H groups in total. The van der Waals surface area contributed by atoms with Crippen LogP contribution in [0.1, 0.15) is 37.3 Å². The fourth-order valence-corrected chi connectivity index (χ4v) is 1.89. The Bertz CT molecular complexity index is 565. The summed E-state index contributed by atoms with van der Waals surface area (Å²) in [6.45, 7) is 2.15. The van der Waals surface area contributed by atoms with E-state index in [2.05, 4.69) is 17.9 Å². The highest BCUT2D eigenvalue weighted by atomic mass is 16.5. The molecule has 1 aliphatic carbocycles. The van der Waals surface area contributed by atoms with Crippen molar-refractivity contribution in [1.82, 2.24) is 0 Å². The van der Waals surface area contributed by atoms with Crippen LogP contribution in [0.5, 0.6) is 0 Å². The Labute approximate surface area is 113 Å². The Morgan fingerprint density at radius 1 is 1.37 bits per heavy atom. The van der Waals surface area contributed by atoms with E-state index < -0.39 is 0 Å². The normalized spacial score (nSPS) is 14.7. The SMILES string of the molecule is CCOC(=O)CC#Cc1ccc(C2(C#N)CC2)cc1. The highest BCUT2D eigenvalue weighted by molar-refractivity contribution is 5.72. The monoisotopic (exact) mass is 253 g/mol. The molecule has 3 nitrogen and oxygen atoms in total. The molecule has 0 amide bonds. The van der Waals surface area contributed by atoms with E-state index >= 15 is 0 Å². The number of ether oxygens (including phenoxy) is 1. The quantitative estimate of drug-likeness (QED) is 0.614. The van der Waals surface area contributed by atoms with Crippen LogP contribution >= 0.6 is 0 Å². The molecule has 1 fully saturated rings. The molecule has 0 bridgehead atoms. The van der Waals surface area contributed by atoms with E-state index in [1.807, 2.05) is 24.3 Å². The fraction of sp³-hybridized carbons (Fsp3) is 0.375. The summed E-state index contributed by atoms with van der Waals surface area (Å²) >= 11 is 0. The third-order valence-electron chi connectivity index (χ3n) is 3.17. The highest BCUT2D eigenvalue weighted by Gasteiger charge is 2.44. The van der Waals surface area contributed by atoms with Crippen molar-refractivity contribution in [3.05, 3.63) is 35.4 Å². The molecule has 0 radical (unpaired) electrons. The largest absolute Gasteiger partial charge is 0.465 e. The maximum absolute atomic E-state index is 11.1. The lowest BCUT2D eigenvalue weighted by atomic mass is 9.97. The lowest BCUT2D eigenvalue weighted by molar-refractivity contribution is -0.141. The number of hydrogen-bond acceptors (Lipinski definition) is 3. The van der Waals surface area contributed by atoms with Gasteiger partial charge in [-0.15, -0.1) is 0 Å². The van der Waals surface area contributed by atoms with Crippen LogP contribution in [-0.2, 0) is 14.9 Å². The zero-order valence-corrected chi connectivity index (χ0v) is 10.9. The molecule has 2 rings (SSSR count). The molecule has 1 aromatic carbocycles. The van der Waals surface area contributed by atoms with Gasteiger partial charge in [0.05, 0.1) is 18.1 Å². The van der Waals surface area contributed by atoms with E-state index in [4.69, 9.17) is 10.00 Å². The average Bonchev–Trinajstić information content (AvgIpc) is 3.21. The van der Waals surface area contributed by atoms with Gasteiger partial charge in [0.15, 0.2) is 0 Å². The van der Waals surface area contributed by atoms with Crippen molar-refractivity contribution in [3.8, 4) is 17.9 Å². The van der Waals surface area contributed by atoms with E-state index in [9.17, 15) is 4.79 Å². The van der Waals surface area contributed by atoms with Gasteiger partial charge in [-0.25, -0.2) is 0 Å². The molecule has 0 aromatic heterocycles. The highest BCUT2D eigenvalue weighted by Crippen LogP contribution is 2.47. The van der Waals surface area contributed by atoms with Crippen molar-refractivity contribution in [2.24, 2.45) is 0 Å². The summed E-state index contributed by atoms with van der Waals surface area (Å²) in [5.41, 5.74) is 1.66. The Balaban J connectivity index is 1.98. The van der Waals surface area contributed by atoms with E-state index in [1.165, 1.54) is 0 Å². The number of benzene rings is 1. The van der Waals surface area contributed by atoms with E-state index in [1.54, 1.807) is 6.92 Å². The van der Waals surface area contributed by atoms with Crippen molar-refractivity contribution in [3.63, 3.8) is 0 Å². The van der Waals surface area contributed by atoms with Crippen molar-refractivity contribution in [2.75, 3.05) is 6.61 Å². The van der Waals surface area contributed by atoms with Gasteiger partial charge in [0.25, 0.3) is 0 Å². The summed E-state index contributed by atoms with van der Waals surface area (Å²) < 4.78 is 4.79. The van der Waals surface area contributed by atoms with Crippen molar-refractivity contribution in [2.45, 2.75) is 31.6 Å². The van der Waals surface area contributed by atoms with Crippen LogP contribution in [0.2, 0.25) is 0 Å². The zero-order valence-electron chi connectivity index (χ0n) is 10.9. The second kappa shape index (κ2) is 5.59. The number of rotatable bonds is 3. The van der Waals surface area contributed by atoms with Gasteiger partial charge >= 0.3 is 5.97 Å². The summed E-state index contributed by atoms with van der Waals surface area (Å²) in [6.07, 6.45) is 1.99. The molecule has 0 saturated heterocycles. The first-order chi connectivity index (χ1) is 9.20. The first-order valence-corrected chi connectivity index (χ1v) is 6.36. The van der Waals surface area contributed by atoms with Crippen LogP contribution in [-0.4, -0.2) is 12.6 Å². The van der Waals surface area contributed by atoms with Gasteiger partial charge < -0.3 is 4.74 Å². The minimum atomic E-state index is -0.298. The minimum absolute atomic E-state index is 0.109. The van der Waals surface area contributed by atoms with Crippen LogP contribution < -0.4 is 0 Å². The average molecular weight is 253 g/mol. The number of esters is 1.